The van der Waals surface area contributed by atoms with Gasteiger partial charge >= 0.3 is 12.2 Å². The Labute approximate surface area is 194 Å². The molecule has 33 heavy (non-hydrogen) atoms. The molecular formula is C22H27FN4O5S. The summed E-state index contributed by atoms with van der Waals surface area (Å²) in [5.41, 5.74) is 0.251. The molecule has 1 N–H and O–H groups in total. The van der Waals surface area contributed by atoms with Crippen LogP contribution in [-0.2, 0) is 26.1 Å². The third kappa shape index (κ3) is 5.09. The molecule has 0 saturated carbocycles. The fourth-order valence-corrected chi connectivity index (χ4v) is 5.15. The van der Waals surface area contributed by atoms with E-state index in [1.807, 2.05) is 19.1 Å². The Balaban J connectivity index is 1.42. The van der Waals surface area contributed by atoms with Gasteiger partial charge in [-0.2, -0.15) is 0 Å². The van der Waals surface area contributed by atoms with Crippen LogP contribution in [0.3, 0.4) is 0 Å². The van der Waals surface area contributed by atoms with Gasteiger partial charge in [-0.05, 0) is 23.8 Å². The van der Waals surface area contributed by atoms with Gasteiger partial charge in [0.15, 0.2) is 0 Å². The molecule has 0 spiro atoms. The number of rotatable bonds is 4. The van der Waals surface area contributed by atoms with Crippen LogP contribution >= 0.6 is 0 Å². The zero-order chi connectivity index (χ0) is 23.6. The van der Waals surface area contributed by atoms with E-state index in [-0.39, 0.29) is 13.1 Å². The smallest absolute Gasteiger partial charge is 0.414 e. The standard InChI is InChI=1S/C22H27FN4O5S/c1-22(6-5-19(25-14-22)26-7-9-33(30)10-8-26)17-4-3-15(11-18(17)23)27-13-16(32-21(27)29)12-24-20(28)31-2/h3-6,11,16H,7-10,12-14H2,1-2H3,(H,24,28)/t16-,22?/m0/s1. The Morgan fingerprint density at radius 3 is 2.82 bits per heavy atom. The minimum absolute atomic E-state index is 0.103. The minimum atomic E-state index is -0.757. The normalized spacial score (nSPS) is 25.6. The van der Waals surface area contributed by atoms with E-state index in [2.05, 4.69) is 19.9 Å². The Morgan fingerprint density at radius 2 is 2.18 bits per heavy atom. The van der Waals surface area contributed by atoms with Crippen LogP contribution in [0.2, 0.25) is 0 Å². The zero-order valence-corrected chi connectivity index (χ0v) is 19.4. The van der Waals surface area contributed by atoms with Crippen LogP contribution in [0, 0.1) is 5.82 Å². The summed E-state index contributed by atoms with van der Waals surface area (Å²) < 4.78 is 36.5. The molecule has 178 valence electrons. The first-order chi connectivity index (χ1) is 15.8. The van der Waals surface area contributed by atoms with Crippen molar-refractivity contribution in [3.05, 3.63) is 41.7 Å². The number of carbonyl (C=O) groups excluding carboxylic acids is 2. The molecule has 3 aliphatic rings. The molecule has 3 heterocycles. The van der Waals surface area contributed by atoms with Gasteiger partial charge in [-0.1, -0.05) is 30.2 Å². The number of benzene rings is 1. The van der Waals surface area contributed by atoms with Crippen LogP contribution in [0.25, 0.3) is 0 Å². The van der Waals surface area contributed by atoms with Crippen molar-refractivity contribution in [3.8, 4) is 0 Å². The van der Waals surface area contributed by atoms with Crippen LogP contribution in [0.1, 0.15) is 12.5 Å². The van der Waals surface area contributed by atoms with Crippen molar-refractivity contribution in [2.24, 2.45) is 4.99 Å². The number of amides is 2. The number of cyclic esters (lactones) is 1. The minimum Gasteiger partial charge on any atom is -0.616 e. The maximum atomic E-state index is 15.2. The number of hydrogen-bond acceptors (Lipinski definition) is 7. The number of nitrogens with one attached hydrogen (secondary N) is 1. The van der Waals surface area contributed by atoms with Crippen LogP contribution in [0.15, 0.2) is 35.3 Å². The highest BCUT2D eigenvalue weighted by Gasteiger charge is 2.35. The lowest BCUT2D eigenvalue weighted by Gasteiger charge is -2.34. The van der Waals surface area contributed by atoms with E-state index in [0.29, 0.717) is 42.4 Å². The molecule has 0 aromatic heterocycles. The number of dihydropyridines is 1. The molecular weight excluding hydrogens is 451 g/mol. The zero-order valence-electron chi connectivity index (χ0n) is 18.6. The van der Waals surface area contributed by atoms with Gasteiger partial charge in [0.2, 0.25) is 0 Å². The fraction of sp³-hybridized carbons (Fsp3) is 0.500. The van der Waals surface area contributed by atoms with Gasteiger partial charge in [0, 0.05) is 5.41 Å². The number of halogens is 1. The maximum absolute atomic E-state index is 15.2. The second-order valence-corrected chi connectivity index (χ2v) is 10.1. The van der Waals surface area contributed by atoms with Crippen molar-refractivity contribution in [1.29, 1.82) is 0 Å². The largest absolute Gasteiger partial charge is 0.616 e. The molecule has 11 heteroatoms. The second-order valence-electron chi connectivity index (χ2n) is 8.41. The summed E-state index contributed by atoms with van der Waals surface area (Å²) in [6, 6.07) is 4.69. The molecule has 1 aromatic carbocycles. The maximum Gasteiger partial charge on any atom is 0.414 e. The monoisotopic (exact) mass is 478 g/mol. The van der Waals surface area contributed by atoms with E-state index < -0.39 is 40.7 Å². The van der Waals surface area contributed by atoms with Crippen LogP contribution < -0.4 is 10.2 Å². The summed E-state index contributed by atoms with van der Waals surface area (Å²) in [4.78, 5) is 31.6. The average Bonchev–Trinajstić information content (AvgIpc) is 3.19. The van der Waals surface area contributed by atoms with E-state index in [1.165, 1.54) is 18.1 Å². The van der Waals surface area contributed by atoms with E-state index >= 15 is 4.39 Å². The van der Waals surface area contributed by atoms with E-state index in [9.17, 15) is 14.1 Å². The van der Waals surface area contributed by atoms with E-state index in [1.54, 1.807) is 12.1 Å². The lowest BCUT2D eigenvalue weighted by Crippen LogP contribution is -2.44. The molecule has 9 nitrogen and oxygen atoms in total. The molecule has 1 unspecified atom stereocenters. The average molecular weight is 479 g/mol. The summed E-state index contributed by atoms with van der Waals surface area (Å²) in [5.74, 6) is 1.68. The Bertz CT molecular complexity index is 982. The third-order valence-electron chi connectivity index (χ3n) is 6.08. The van der Waals surface area contributed by atoms with Crippen molar-refractivity contribution in [2.45, 2.75) is 18.4 Å². The second kappa shape index (κ2) is 9.60. The van der Waals surface area contributed by atoms with Crippen molar-refractivity contribution in [2.75, 3.05) is 56.2 Å². The summed E-state index contributed by atoms with van der Waals surface area (Å²) in [6.45, 7) is 4.02. The molecule has 0 bridgehead atoms. The van der Waals surface area contributed by atoms with Crippen LogP contribution in [0.4, 0.5) is 19.7 Å². The van der Waals surface area contributed by atoms with Crippen molar-refractivity contribution in [1.82, 2.24) is 10.2 Å². The summed E-state index contributed by atoms with van der Waals surface area (Å²) in [5, 5.41) is 2.49. The number of aliphatic imine (C=N–C) groups is 1. The van der Waals surface area contributed by atoms with Gasteiger partial charge in [0.05, 0.1) is 45.5 Å². The molecule has 2 saturated heterocycles. The van der Waals surface area contributed by atoms with Crippen LogP contribution in [0.5, 0.6) is 0 Å². The number of ether oxygens (including phenoxy) is 2. The highest BCUT2D eigenvalue weighted by molar-refractivity contribution is 7.91. The number of nitrogens with zero attached hydrogens (tertiary/aromatic N) is 3. The quantitative estimate of drug-likeness (QED) is 0.662. The number of methoxy groups -OCH3 is 1. The van der Waals surface area contributed by atoms with Crippen molar-refractivity contribution < 1.29 is 28.0 Å². The number of alkyl carbamates (subject to hydrolysis) is 1. The van der Waals surface area contributed by atoms with Crippen molar-refractivity contribution >= 4 is 34.9 Å². The summed E-state index contributed by atoms with van der Waals surface area (Å²) in [6.07, 6.45) is 2.09. The number of carbonyl (C=O) groups is 2. The SMILES string of the molecule is COC(=O)NC[C@H]1CN(c2ccc(C3(C)C=CC(N4CC[S+]([O-])CC4)=NC3)c(F)c2)C(=O)O1. The first kappa shape index (κ1) is 23.4. The summed E-state index contributed by atoms with van der Waals surface area (Å²) in [7, 11) is 1.25. The molecule has 2 atom stereocenters. The predicted octanol–water partition coefficient (Wildman–Crippen LogP) is 1.80. The lowest BCUT2D eigenvalue weighted by molar-refractivity contribution is 0.132. The van der Waals surface area contributed by atoms with Gasteiger partial charge in [-0.15, -0.1) is 0 Å². The molecule has 0 radical (unpaired) electrons. The van der Waals surface area contributed by atoms with Crippen molar-refractivity contribution in [3.63, 3.8) is 0 Å². The molecule has 3 aliphatic heterocycles. The first-order valence-corrected chi connectivity index (χ1v) is 12.2. The lowest BCUT2D eigenvalue weighted by atomic mass is 9.80. The Morgan fingerprint density at radius 1 is 1.42 bits per heavy atom. The molecule has 1 aromatic rings. The molecule has 2 amide bonds. The highest BCUT2D eigenvalue weighted by atomic mass is 32.2. The Hall–Kier alpha value is -2.79. The number of hydrogen-bond donors (Lipinski definition) is 1. The van der Waals surface area contributed by atoms with Crippen LogP contribution in [-0.4, -0.2) is 84.9 Å². The molecule has 2 fully saturated rings. The molecule has 4 rings (SSSR count). The summed E-state index contributed by atoms with van der Waals surface area (Å²) >= 11 is -0.757. The number of amidine groups is 1. The third-order valence-corrected chi connectivity index (χ3v) is 7.36. The Kier molecular flexibility index (Phi) is 6.80. The number of anilines is 1. The molecule has 0 aliphatic carbocycles. The fourth-order valence-electron chi connectivity index (χ4n) is 4.10. The topological polar surface area (TPSA) is 107 Å². The predicted molar refractivity (Wildman–Crippen MR) is 123 cm³/mol. The van der Waals surface area contributed by atoms with E-state index in [4.69, 9.17) is 4.74 Å². The van der Waals surface area contributed by atoms with E-state index in [0.717, 1.165) is 5.84 Å². The van der Waals surface area contributed by atoms with Gasteiger partial charge in [-0.25, -0.2) is 14.0 Å². The van der Waals surface area contributed by atoms with Gasteiger partial charge < -0.3 is 24.2 Å². The van der Waals surface area contributed by atoms with Gasteiger partial charge in [0.25, 0.3) is 0 Å². The highest BCUT2D eigenvalue weighted by Crippen LogP contribution is 2.33. The first-order valence-electron chi connectivity index (χ1n) is 10.7. The van der Waals surface area contributed by atoms with Gasteiger partial charge in [0.1, 0.15) is 29.3 Å². The van der Waals surface area contributed by atoms with Gasteiger partial charge in [-0.3, -0.25) is 9.89 Å².